The van der Waals surface area contributed by atoms with Crippen molar-refractivity contribution in [3.63, 3.8) is 0 Å². The standard InChI is InChI=1S/C33H46FN2O10P/c1-39-25-17-23(18-26(40-2)29(25)42-4)32(38)46-24-8-6-14-44-28-19-22(16-27(41-3)30(28)43-5)31(37)45-15-7-10-35-12-13-36(11-9-24)21-33(34,47)20-35/h16-19,24H,6-15,20-21,47H2,1-5H3/t24-,33?/m1/s1. The predicted molar refractivity (Wildman–Crippen MR) is 176 cm³/mol. The number of alkyl halides is 1. The Kier molecular flexibility index (Phi) is 13.2. The summed E-state index contributed by atoms with van der Waals surface area (Å²) in [5.41, 5.74) is 0.496. The molecule has 12 nitrogen and oxygen atoms in total. The van der Waals surface area contributed by atoms with Gasteiger partial charge in [-0.15, -0.1) is 0 Å². The molecular formula is C33H46FN2O10P. The van der Waals surface area contributed by atoms with E-state index in [1.54, 1.807) is 24.3 Å². The van der Waals surface area contributed by atoms with E-state index in [1.165, 1.54) is 35.5 Å². The SMILES string of the molecule is COc1cc(C(=O)O[C@@H]2CCCOc3cc(cc(OC)c3OC)C(=O)OCCCN3CCN(CC2)CC(F)(P)C3)cc(OC)c1OC. The molecule has 260 valence electrons. The van der Waals surface area contributed by atoms with Gasteiger partial charge in [0.1, 0.15) is 11.5 Å². The van der Waals surface area contributed by atoms with Gasteiger partial charge in [-0.2, -0.15) is 0 Å². The Morgan fingerprint density at radius 3 is 2.00 bits per heavy atom. The minimum absolute atomic E-state index is 0.179. The molecule has 2 heterocycles. The van der Waals surface area contributed by atoms with E-state index in [9.17, 15) is 9.59 Å². The molecule has 5 atom stereocenters. The number of rotatable bonds is 7. The van der Waals surface area contributed by atoms with Crippen LogP contribution in [0.2, 0.25) is 0 Å². The van der Waals surface area contributed by atoms with Crippen molar-refractivity contribution in [2.45, 2.75) is 37.2 Å². The van der Waals surface area contributed by atoms with Gasteiger partial charge in [-0.3, -0.25) is 9.80 Å². The van der Waals surface area contributed by atoms with Gasteiger partial charge in [-0.1, -0.05) is 9.24 Å². The maximum atomic E-state index is 15.6. The molecule has 0 radical (unpaired) electrons. The largest absolute Gasteiger partial charge is 0.493 e. The number of hydrogen-bond donors (Lipinski definition) is 0. The Bertz CT molecular complexity index is 1350. The molecule has 0 amide bonds. The zero-order valence-corrected chi connectivity index (χ0v) is 29.0. The smallest absolute Gasteiger partial charge is 0.338 e. The molecule has 47 heavy (non-hydrogen) atoms. The van der Waals surface area contributed by atoms with Crippen molar-refractivity contribution in [2.24, 2.45) is 0 Å². The van der Waals surface area contributed by atoms with E-state index in [-0.39, 0.29) is 37.4 Å². The zero-order chi connectivity index (χ0) is 34.0. The van der Waals surface area contributed by atoms with Crippen molar-refractivity contribution < 1.29 is 51.9 Å². The summed E-state index contributed by atoms with van der Waals surface area (Å²) >= 11 is 0. The Morgan fingerprint density at radius 2 is 1.38 bits per heavy atom. The number of hydrogen-bond acceptors (Lipinski definition) is 12. The number of ether oxygens (including phenoxy) is 8. The molecule has 2 aromatic carbocycles. The van der Waals surface area contributed by atoms with Crippen molar-refractivity contribution in [1.29, 1.82) is 0 Å². The molecule has 1 saturated heterocycles. The number of carbonyl (C=O) groups is 2. The Balaban J connectivity index is 1.59. The minimum atomic E-state index is -1.53. The fraction of sp³-hybridized carbons (Fsp3) is 0.576. The van der Waals surface area contributed by atoms with Gasteiger partial charge in [-0.05, 0) is 49.9 Å². The van der Waals surface area contributed by atoms with E-state index in [0.717, 1.165) is 0 Å². The van der Waals surface area contributed by atoms with Crippen molar-refractivity contribution in [2.75, 3.05) is 88.0 Å². The second-order valence-corrected chi connectivity index (χ2v) is 12.5. The highest BCUT2D eigenvalue weighted by Crippen LogP contribution is 2.40. The molecule has 0 saturated carbocycles. The first kappa shape index (κ1) is 36.3. The third kappa shape index (κ3) is 9.74. The summed E-state index contributed by atoms with van der Waals surface area (Å²) in [6.45, 7) is 3.24. The van der Waals surface area contributed by atoms with Gasteiger partial charge in [0.15, 0.2) is 23.0 Å². The van der Waals surface area contributed by atoms with Gasteiger partial charge in [0, 0.05) is 39.3 Å². The summed E-state index contributed by atoms with van der Waals surface area (Å²) in [4.78, 5) is 30.5. The van der Waals surface area contributed by atoms with Crippen LogP contribution in [0.3, 0.4) is 0 Å². The van der Waals surface area contributed by atoms with E-state index in [4.69, 9.17) is 37.9 Å². The molecule has 2 aliphatic rings. The van der Waals surface area contributed by atoms with Crippen LogP contribution in [-0.2, 0) is 9.47 Å². The Morgan fingerprint density at radius 1 is 0.787 bits per heavy atom. The van der Waals surface area contributed by atoms with Gasteiger partial charge in [-0.25, -0.2) is 14.0 Å². The molecule has 4 bridgehead atoms. The van der Waals surface area contributed by atoms with Crippen molar-refractivity contribution in [3.8, 4) is 34.5 Å². The summed E-state index contributed by atoms with van der Waals surface area (Å²) in [5.74, 6) is 0.944. The van der Waals surface area contributed by atoms with Crippen LogP contribution < -0.4 is 28.4 Å². The lowest BCUT2D eigenvalue weighted by Gasteiger charge is -2.28. The summed E-state index contributed by atoms with van der Waals surface area (Å²) < 4.78 is 60.5. The van der Waals surface area contributed by atoms with Crippen LogP contribution in [0.5, 0.6) is 34.5 Å². The van der Waals surface area contributed by atoms with Gasteiger partial charge in [0.25, 0.3) is 0 Å². The summed E-state index contributed by atoms with van der Waals surface area (Å²) in [6, 6.07) is 6.20. The maximum Gasteiger partial charge on any atom is 0.338 e. The zero-order valence-electron chi connectivity index (χ0n) is 27.8. The van der Waals surface area contributed by atoms with Crippen LogP contribution in [0, 0.1) is 0 Å². The average molecular weight is 681 g/mol. The van der Waals surface area contributed by atoms with Crippen LogP contribution in [0.1, 0.15) is 46.4 Å². The fourth-order valence-corrected chi connectivity index (χ4v) is 6.32. The molecule has 0 N–H and O–H groups in total. The van der Waals surface area contributed by atoms with E-state index >= 15 is 4.39 Å². The molecule has 4 rings (SSSR count). The van der Waals surface area contributed by atoms with E-state index in [2.05, 4.69) is 14.1 Å². The predicted octanol–water partition coefficient (Wildman–Crippen LogP) is 4.22. The number of halogens is 1. The van der Waals surface area contributed by atoms with Crippen LogP contribution >= 0.6 is 9.24 Å². The lowest BCUT2D eigenvalue weighted by Crippen LogP contribution is -2.39. The Labute approximate surface area is 277 Å². The first-order chi connectivity index (χ1) is 22.6. The molecule has 1 fully saturated rings. The molecule has 14 heteroatoms. The topological polar surface area (TPSA) is 114 Å². The number of carbonyl (C=O) groups excluding carboxylic acids is 2. The lowest BCUT2D eigenvalue weighted by atomic mass is 10.1. The van der Waals surface area contributed by atoms with Gasteiger partial charge < -0.3 is 37.9 Å². The Hall–Kier alpha value is -3.54. The highest BCUT2D eigenvalue weighted by Gasteiger charge is 2.33. The fourth-order valence-electron chi connectivity index (χ4n) is 5.81. The van der Waals surface area contributed by atoms with E-state index in [0.29, 0.717) is 86.4 Å². The van der Waals surface area contributed by atoms with E-state index < -0.39 is 23.5 Å². The third-order valence-corrected chi connectivity index (χ3v) is 8.47. The number of fused-ring (bicyclic) bond motifs is 5. The molecular weight excluding hydrogens is 634 g/mol. The number of benzene rings is 2. The van der Waals surface area contributed by atoms with Crippen molar-refractivity contribution in [1.82, 2.24) is 9.80 Å². The molecule has 2 aromatic rings. The number of esters is 2. The first-order valence-corrected chi connectivity index (χ1v) is 16.2. The highest BCUT2D eigenvalue weighted by atomic mass is 31.0. The highest BCUT2D eigenvalue weighted by molar-refractivity contribution is 7.18. The third-order valence-electron chi connectivity index (χ3n) is 8.11. The monoisotopic (exact) mass is 680 g/mol. The molecule has 2 aliphatic heterocycles. The van der Waals surface area contributed by atoms with Crippen molar-refractivity contribution in [3.05, 3.63) is 35.4 Å². The van der Waals surface area contributed by atoms with E-state index in [1.807, 2.05) is 4.90 Å². The van der Waals surface area contributed by atoms with Gasteiger partial charge in [0.05, 0.1) is 59.9 Å². The number of methoxy groups -OCH3 is 5. The number of cyclic esters (lactones) is 1. The summed E-state index contributed by atoms with van der Waals surface area (Å²) in [7, 11) is 9.76. The van der Waals surface area contributed by atoms with Crippen LogP contribution in [0.4, 0.5) is 4.39 Å². The summed E-state index contributed by atoms with van der Waals surface area (Å²) in [6.07, 6.45) is 1.47. The number of nitrogens with zero attached hydrogens (tertiary/aromatic N) is 2. The molecule has 0 aliphatic carbocycles. The molecule has 0 spiro atoms. The minimum Gasteiger partial charge on any atom is -0.493 e. The van der Waals surface area contributed by atoms with Crippen LogP contribution in [0.15, 0.2) is 24.3 Å². The normalized spacial score (nSPS) is 24.2. The van der Waals surface area contributed by atoms with Gasteiger partial charge >= 0.3 is 11.9 Å². The molecule has 4 unspecified atom stereocenters. The van der Waals surface area contributed by atoms with Crippen molar-refractivity contribution >= 4 is 21.2 Å². The first-order valence-electron chi connectivity index (χ1n) is 15.6. The van der Waals surface area contributed by atoms with Gasteiger partial charge in [0.2, 0.25) is 11.5 Å². The van der Waals surface area contributed by atoms with Crippen LogP contribution in [0.25, 0.3) is 0 Å². The quantitative estimate of drug-likeness (QED) is 0.308. The summed E-state index contributed by atoms with van der Waals surface area (Å²) in [5, 5.41) is -1.53. The second-order valence-electron chi connectivity index (χ2n) is 11.5. The lowest BCUT2D eigenvalue weighted by molar-refractivity contribution is 0.0214. The maximum absolute atomic E-state index is 15.6. The van der Waals surface area contributed by atoms with Crippen LogP contribution in [-0.4, -0.2) is 121 Å². The molecule has 0 aromatic heterocycles. The average Bonchev–Trinajstić information content (AvgIpc) is 3.21. The second kappa shape index (κ2) is 17.0.